The zero-order chi connectivity index (χ0) is 18.6. The van der Waals surface area contributed by atoms with Gasteiger partial charge in [0.05, 0.1) is 5.56 Å². The van der Waals surface area contributed by atoms with Gasteiger partial charge in [-0.3, -0.25) is 0 Å². The lowest BCUT2D eigenvalue weighted by Gasteiger charge is -2.23. The van der Waals surface area contributed by atoms with Crippen molar-refractivity contribution < 1.29 is 19.4 Å². The lowest BCUT2D eigenvalue weighted by atomic mass is 10.00. The van der Waals surface area contributed by atoms with Gasteiger partial charge < -0.3 is 15.2 Å². The quantitative estimate of drug-likeness (QED) is 0.807. The average Bonchev–Trinajstić information content (AvgIpc) is 2.89. The van der Waals surface area contributed by atoms with E-state index in [1.807, 2.05) is 26.8 Å². The molecule has 2 rings (SSSR count). The van der Waals surface area contributed by atoms with Crippen LogP contribution in [0.1, 0.15) is 56.0 Å². The Hall–Kier alpha value is -2.01. The molecule has 2 N–H and O–H groups in total. The van der Waals surface area contributed by atoms with E-state index in [1.165, 1.54) is 6.07 Å². The molecule has 6 heteroatoms. The van der Waals surface area contributed by atoms with E-state index < -0.39 is 17.7 Å². The molecule has 0 radical (unpaired) electrons. The van der Waals surface area contributed by atoms with Gasteiger partial charge in [0.1, 0.15) is 5.60 Å². The number of ether oxygens (including phenoxy) is 1. The molecule has 136 valence electrons. The summed E-state index contributed by atoms with van der Waals surface area (Å²) in [4.78, 5) is 23.3. The third kappa shape index (κ3) is 5.78. The molecular weight excluding hydrogens is 342 g/mol. The van der Waals surface area contributed by atoms with Crippen LogP contribution < -0.4 is 5.32 Å². The maximum absolute atomic E-state index is 12.0. The topological polar surface area (TPSA) is 75.6 Å². The van der Waals surface area contributed by atoms with Crippen molar-refractivity contribution in [1.29, 1.82) is 0 Å². The molecule has 0 unspecified atom stereocenters. The van der Waals surface area contributed by atoms with Crippen molar-refractivity contribution in [3.05, 3.63) is 40.4 Å². The van der Waals surface area contributed by atoms with Crippen LogP contribution in [0.2, 0.25) is 5.02 Å². The van der Waals surface area contributed by atoms with Gasteiger partial charge in [-0.15, -0.1) is 0 Å². The Labute approximate surface area is 153 Å². The number of benzene rings is 1. The van der Waals surface area contributed by atoms with Crippen molar-refractivity contribution in [3.8, 4) is 0 Å². The monoisotopic (exact) mass is 365 g/mol. The van der Waals surface area contributed by atoms with Crippen molar-refractivity contribution in [3.63, 3.8) is 0 Å². The minimum atomic E-state index is -0.994. The summed E-state index contributed by atoms with van der Waals surface area (Å²) >= 11 is 5.98. The second kappa shape index (κ2) is 7.91. The second-order valence-electron chi connectivity index (χ2n) is 7.24. The van der Waals surface area contributed by atoms with Gasteiger partial charge in [-0.2, -0.15) is 0 Å². The smallest absolute Gasteiger partial charge is 0.407 e. The number of carbonyl (C=O) groups excluding carboxylic acids is 1. The number of carboxylic acid groups (broad SMARTS) is 1. The highest BCUT2D eigenvalue weighted by atomic mass is 35.5. The van der Waals surface area contributed by atoms with Crippen molar-refractivity contribution >= 4 is 29.7 Å². The van der Waals surface area contributed by atoms with E-state index in [4.69, 9.17) is 16.3 Å². The summed E-state index contributed by atoms with van der Waals surface area (Å²) in [6, 6.07) is 4.67. The fourth-order valence-corrected chi connectivity index (χ4v) is 3.13. The van der Waals surface area contributed by atoms with Crippen LogP contribution in [0.15, 0.2) is 24.3 Å². The molecule has 0 heterocycles. The molecule has 0 aliphatic heterocycles. The Bertz CT molecular complexity index is 678. The van der Waals surface area contributed by atoms with E-state index in [0.29, 0.717) is 10.6 Å². The molecule has 0 saturated heterocycles. The zero-order valence-corrected chi connectivity index (χ0v) is 15.5. The molecule has 25 heavy (non-hydrogen) atoms. The van der Waals surface area contributed by atoms with Gasteiger partial charge >= 0.3 is 12.1 Å². The van der Waals surface area contributed by atoms with Crippen LogP contribution in [0, 0.1) is 5.92 Å². The number of amides is 1. The van der Waals surface area contributed by atoms with Gasteiger partial charge in [0.25, 0.3) is 0 Å². The molecule has 2 atom stereocenters. The zero-order valence-electron chi connectivity index (χ0n) is 14.7. The van der Waals surface area contributed by atoms with Crippen LogP contribution >= 0.6 is 11.6 Å². The van der Waals surface area contributed by atoms with Gasteiger partial charge in [0.15, 0.2) is 0 Å². The first-order valence-electron chi connectivity index (χ1n) is 8.36. The summed E-state index contributed by atoms with van der Waals surface area (Å²) in [7, 11) is 0. The number of carbonyl (C=O) groups is 2. The van der Waals surface area contributed by atoms with Crippen LogP contribution in [0.25, 0.3) is 6.08 Å². The number of carboxylic acids is 1. The van der Waals surface area contributed by atoms with Crippen LogP contribution in [-0.4, -0.2) is 28.8 Å². The Kier molecular flexibility index (Phi) is 6.11. The number of rotatable bonds is 4. The second-order valence-corrected chi connectivity index (χ2v) is 7.68. The van der Waals surface area contributed by atoms with Crippen LogP contribution in [0.3, 0.4) is 0 Å². The molecular formula is C19H24ClNO4. The first-order chi connectivity index (χ1) is 11.7. The molecule has 1 aromatic rings. The van der Waals surface area contributed by atoms with Crippen molar-refractivity contribution in [2.45, 2.75) is 51.7 Å². The van der Waals surface area contributed by atoms with Crippen molar-refractivity contribution in [2.75, 3.05) is 0 Å². The molecule has 1 saturated carbocycles. The highest BCUT2D eigenvalue weighted by Crippen LogP contribution is 2.28. The minimum Gasteiger partial charge on any atom is -0.478 e. The van der Waals surface area contributed by atoms with E-state index in [0.717, 1.165) is 19.3 Å². The molecule has 1 aromatic carbocycles. The summed E-state index contributed by atoms with van der Waals surface area (Å²) in [5.41, 5.74) is 0.226. The predicted octanol–water partition coefficient (Wildman–Crippen LogP) is 4.74. The van der Waals surface area contributed by atoms with Gasteiger partial charge in [-0.25, -0.2) is 9.59 Å². The predicted molar refractivity (Wildman–Crippen MR) is 97.9 cm³/mol. The largest absolute Gasteiger partial charge is 0.478 e. The SMILES string of the molecule is CC(C)(C)OC(=O)N[C@H]1CCC[C@H]1/C=C/c1cc(Cl)ccc1C(=O)O. The Balaban J connectivity index is 2.08. The summed E-state index contributed by atoms with van der Waals surface area (Å²) in [5, 5.41) is 12.7. The van der Waals surface area contributed by atoms with Gasteiger partial charge in [-0.05, 0) is 63.3 Å². The summed E-state index contributed by atoms with van der Waals surface area (Å²) in [6.45, 7) is 5.47. The molecule has 1 amide bonds. The Morgan fingerprint density at radius 1 is 1.32 bits per heavy atom. The molecule has 0 aromatic heterocycles. The Morgan fingerprint density at radius 3 is 2.68 bits per heavy atom. The first-order valence-corrected chi connectivity index (χ1v) is 8.74. The van der Waals surface area contributed by atoms with Crippen molar-refractivity contribution in [2.24, 2.45) is 5.92 Å². The standard InChI is InChI=1S/C19H24ClNO4/c1-19(2,3)25-18(24)21-16-6-4-5-12(16)7-8-13-11-14(20)9-10-15(13)17(22)23/h7-12,16H,4-6H2,1-3H3,(H,21,24)(H,22,23)/b8-7+/t12-,16-/m0/s1. The number of alkyl carbamates (subject to hydrolysis) is 1. The number of hydrogen-bond acceptors (Lipinski definition) is 3. The van der Waals surface area contributed by atoms with Gasteiger partial charge in [0.2, 0.25) is 0 Å². The van der Waals surface area contributed by atoms with E-state index >= 15 is 0 Å². The lowest BCUT2D eigenvalue weighted by molar-refractivity contribution is 0.0497. The van der Waals surface area contributed by atoms with Crippen LogP contribution in [0.4, 0.5) is 4.79 Å². The highest BCUT2D eigenvalue weighted by Gasteiger charge is 2.28. The normalized spacial score (nSPS) is 20.6. The molecule has 0 bridgehead atoms. The first kappa shape index (κ1) is 19.3. The van der Waals surface area contributed by atoms with Crippen molar-refractivity contribution in [1.82, 2.24) is 5.32 Å². The fraction of sp³-hybridized carbons (Fsp3) is 0.474. The molecule has 0 spiro atoms. The number of aromatic carboxylic acids is 1. The number of halogens is 1. The minimum absolute atomic E-state index is 0.0152. The molecule has 5 nitrogen and oxygen atoms in total. The highest BCUT2D eigenvalue weighted by molar-refractivity contribution is 6.30. The van der Waals surface area contributed by atoms with Crippen LogP contribution in [-0.2, 0) is 4.74 Å². The number of nitrogens with one attached hydrogen (secondary N) is 1. The molecule has 1 aliphatic rings. The third-order valence-electron chi connectivity index (χ3n) is 4.04. The lowest BCUT2D eigenvalue weighted by Crippen LogP contribution is -2.40. The maximum atomic E-state index is 12.0. The summed E-state index contributed by atoms with van der Waals surface area (Å²) < 4.78 is 5.31. The van der Waals surface area contributed by atoms with E-state index in [1.54, 1.807) is 18.2 Å². The summed E-state index contributed by atoms with van der Waals surface area (Å²) in [6.07, 6.45) is 6.10. The molecule has 1 aliphatic carbocycles. The Morgan fingerprint density at radius 2 is 2.04 bits per heavy atom. The van der Waals surface area contributed by atoms with E-state index in [9.17, 15) is 14.7 Å². The average molecular weight is 366 g/mol. The number of hydrogen-bond donors (Lipinski definition) is 2. The summed E-state index contributed by atoms with van der Waals surface area (Å²) in [5.74, 6) is -0.862. The van der Waals surface area contributed by atoms with Gasteiger partial charge in [-0.1, -0.05) is 30.2 Å². The van der Waals surface area contributed by atoms with E-state index in [2.05, 4.69) is 5.32 Å². The van der Waals surface area contributed by atoms with E-state index in [-0.39, 0.29) is 17.5 Å². The van der Waals surface area contributed by atoms with Crippen LogP contribution in [0.5, 0.6) is 0 Å². The molecule has 1 fully saturated rings. The third-order valence-corrected chi connectivity index (χ3v) is 4.27. The maximum Gasteiger partial charge on any atom is 0.407 e. The van der Waals surface area contributed by atoms with Gasteiger partial charge in [0, 0.05) is 11.1 Å². The fourth-order valence-electron chi connectivity index (χ4n) is 2.95.